The summed E-state index contributed by atoms with van der Waals surface area (Å²) in [6.45, 7) is 3.43. The minimum atomic E-state index is 0.0353. The van der Waals surface area contributed by atoms with Gasteiger partial charge in [-0.25, -0.2) is 0 Å². The maximum absolute atomic E-state index is 11.7. The van der Waals surface area contributed by atoms with E-state index in [-0.39, 0.29) is 12.5 Å². The highest BCUT2D eigenvalue weighted by Gasteiger charge is 2.15. The van der Waals surface area contributed by atoms with Crippen LogP contribution in [0.2, 0.25) is 0 Å². The minimum Gasteiger partial charge on any atom is -0.394 e. The number of amides is 1. The molecule has 142 valence electrons. The molecule has 1 aliphatic rings. The lowest BCUT2D eigenvalue weighted by atomic mass is 10.1. The monoisotopic (exact) mass is 381 g/mol. The molecule has 0 aromatic carbocycles. The van der Waals surface area contributed by atoms with Gasteiger partial charge in [-0.05, 0) is 19.3 Å². The first-order valence-corrected chi connectivity index (χ1v) is 11.1. The molecule has 1 amide bonds. The molecule has 0 radical (unpaired) electrons. The van der Waals surface area contributed by atoms with E-state index >= 15 is 0 Å². The molecular formula is C16H31NO5S2. The average molecular weight is 382 g/mol. The Labute approximate surface area is 153 Å². The van der Waals surface area contributed by atoms with Crippen LogP contribution in [0.3, 0.4) is 0 Å². The molecule has 6 nitrogen and oxygen atoms in total. The van der Waals surface area contributed by atoms with E-state index in [1.165, 1.54) is 18.6 Å². The maximum atomic E-state index is 11.7. The highest BCUT2D eigenvalue weighted by atomic mass is 33.1. The third kappa shape index (κ3) is 13.3. The smallest absolute Gasteiger partial charge is 0.220 e. The van der Waals surface area contributed by atoms with Gasteiger partial charge >= 0.3 is 0 Å². The standard InChI is InChI=1S/C16H31NO5S2/c18-7-9-21-11-13-22-12-10-20-8-6-17-16(19)4-2-1-3-15-5-14-23-24-15/h15,18H,1-14H2,(H,17,19)/t15-/m0/s1. The third-order valence-electron chi connectivity index (χ3n) is 3.46. The fraction of sp³-hybridized carbons (Fsp3) is 0.938. The summed E-state index contributed by atoms with van der Waals surface area (Å²) in [5.74, 6) is 1.39. The van der Waals surface area contributed by atoms with Crippen LogP contribution in [0.25, 0.3) is 0 Å². The molecule has 1 heterocycles. The molecule has 1 rings (SSSR count). The second-order valence-corrected chi connectivity index (χ2v) is 8.27. The average Bonchev–Trinajstić information content (AvgIpc) is 3.10. The molecule has 1 atom stereocenters. The fourth-order valence-corrected chi connectivity index (χ4v) is 5.21. The Bertz CT molecular complexity index is 304. The van der Waals surface area contributed by atoms with Gasteiger partial charge in [0.1, 0.15) is 0 Å². The van der Waals surface area contributed by atoms with E-state index in [2.05, 4.69) is 5.32 Å². The van der Waals surface area contributed by atoms with Crippen LogP contribution in [0.4, 0.5) is 0 Å². The fourth-order valence-electron chi connectivity index (χ4n) is 2.18. The molecule has 0 spiro atoms. The van der Waals surface area contributed by atoms with Gasteiger partial charge in [0.15, 0.2) is 0 Å². The first kappa shape index (κ1) is 22.1. The quantitative estimate of drug-likeness (QED) is 0.312. The normalized spacial score (nSPS) is 17.3. The molecule has 0 aromatic heterocycles. The lowest BCUT2D eigenvalue weighted by Gasteiger charge is -2.08. The number of ether oxygens (including phenoxy) is 3. The predicted octanol–water partition coefficient (Wildman–Crippen LogP) is 1.86. The Morgan fingerprint density at radius 2 is 1.75 bits per heavy atom. The van der Waals surface area contributed by atoms with Crippen molar-refractivity contribution in [3.05, 3.63) is 0 Å². The van der Waals surface area contributed by atoms with Crippen LogP contribution >= 0.6 is 21.6 Å². The third-order valence-corrected chi connectivity index (χ3v) is 6.46. The summed E-state index contributed by atoms with van der Waals surface area (Å²) in [6, 6.07) is 0. The van der Waals surface area contributed by atoms with Crippen molar-refractivity contribution in [2.75, 3.05) is 58.5 Å². The van der Waals surface area contributed by atoms with Crippen LogP contribution in [0.15, 0.2) is 0 Å². The van der Waals surface area contributed by atoms with Crippen molar-refractivity contribution in [2.24, 2.45) is 0 Å². The van der Waals surface area contributed by atoms with Gasteiger partial charge in [0, 0.05) is 24.0 Å². The molecule has 1 fully saturated rings. The molecule has 2 N–H and O–H groups in total. The molecule has 0 aromatic rings. The topological polar surface area (TPSA) is 77.0 Å². The Morgan fingerprint density at radius 1 is 1.04 bits per heavy atom. The van der Waals surface area contributed by atoms with Gasteiger partial charge in [-0.15, -0.1) is 0 Å². The molecule has 0 unspecified atom stereocenters. The first-order chi connectivity index (χ1) is 11.8. The second-order valence-electron chi connectivity index (χ2n) is 5.49. The number of carbonyl (C=O) groups excluding carboxylic acids is 1. The van der Waals surface area contributed by atoms with Crippen LogP contribution in [0, 0.1) is 0 Å². The van der Waals surface area contributed by atoms with E-state index < -0.39 is 0 Å². The Morgan fingerprint density at radius 3 is 2.42 bits per heavy atom. The van der Waals surface area contributed by atoms with E-state index in [4.69, 9.17) is 19.3 Å². The number of hydrogen-bond donors (Lipinski definition) is 2. The highest BCUT2D eigenvalue weighted by Crippen LogP contribution is 2.39. The van der Waals surface area contributed by atoms with Gasteiger partial charge in [-0.3, -0.25) is 4.79 Å². The van der Waals surface area contributed by atoms with E-state index in [1.807, 2.05) is 21.6 Å². The number of nitrogens with one attached hydrogen (secondary N) is 1. The van der Waals surface area contributed by atoms with Crippen molar-refractivity contribution in [3.63, 3.8) is 0 Å². The zero-order valence-corrected chi connectivity index (χ0v) is 16.0. The van der Waals surface area contributed by atoms with Crippen LogP contribution in [-0.4, -0.2) is 74.8 Å². The number of aliphatic hydroxyl groups is 1. The van der Waals surface area contributed by atoms with Crippen LogP contribution in [0.5, 0.6) is 0 Å². The minimum absolute atomic E-state index is 0.0353. The van der Waals surface area contributed by atoms with Gasteiger partial charge < -0.3 is 24.6 Å². The number of hydrogen-bond acceptors (Lipinski definition) is 7. The summed E-state index contributed by atoms with van der Waals surface area (Å²) >= 11 is 0. The molecule has 1 saturated heterocycles. The largest absolute Gasteiger partial charge is 0.394 e. The summed E-state index contributed by atoms with van der Waals surface area (Å²) < 4.78 is 15.7. The van der Waals surface area contributed by atoms with Gasteiger partial charge in [-0.2, -0.15) is 0 Å². The Balaban J connectivity index is 1.74. The number of carbonyl (C=O) groups is 1. The van der Waals surface area contributed by atoms with Gasteiger partial charge in [-0.1, -0.05) is 28.0 Å². The summed E-state index contributed by atoms with van der Waals surface area (Å²) in [6.07, 6.45) is 5.28. The summed E-state index contributed by atoms with van der Waals surface area (Å²) in [4.78, 5) is 11.7. The lowest BCUT2D eigenvalue weighted by molar-refractivity contribution is -0.121. The van der Waals surface area contributed by atoms with Crippen molar-refractivity contribution < 1.29 is 24.1 Å². The van der Waals surface area contributed by atoms with Crippen molar-refractivity contribution in [3.8, 4) is 0 Å². The van der Waals surface area contributed by atoms with E-state index in [0.717, 1.165) is 18.1 Å². The Kier molecular flexibility index (Phi) is 15.1. The summed E-state index contributed by atoms with van der Waals surface area (Å²) in [5.41, 5.74) is 0. The zero-order chi connectivity index (χ0) is 17.3. The summed E-state index contributed by atoms with van der Waals surface area (Å²) in [5, 5.41) is 12.2. The van der Waals surface area contributed by atoms with Crippen molar-refractivity contribution in [1.29, 1.82) is 0 Å². The van der Waals surface area contributed by atoms with E-state index in [0.29, 0.717) is 52.6 Å². The second kappa shape index (κ2) is 16.5. The molecule has 0 aliphatic carbocycles. The predicted molar refractivity (Wildman–Crippen MR) is 99.5 cm³/mol. The molecule has 0 bridgehead atoms. The molecule has 0 saturated carbocycles. The Hall–Kier alpha value is 0.01000. The van der Waals surface area contributed by atoms with Crippen LogP contribution < -0.4 is 5.32 Å². The molecular weight excluding hydrogens is 350 g/mol. The van der Waals surface area contributed by atoms with Crippen molar-refractivity contribution in [1.82, 2.24) is 5.32 Å². The SMILES string of the molecule is O=C(CCCC[C@H]1CCSS1)NCCOCCOCCOCCO. The van der Waals surface area contributed by atoms with Gasteiger partial charge in [0.05, 0.1) is 46.2 Å². The van der Waals surface area contributed by atoms with Crippen LogP contribution in [0.1, 0.15) is 32.1 Å². The number of unbranched alkanes of at least 4 members (excludes halogenated alkanes) is 1. The van der Waals surface area contributed by atoms with Crippen molar-refractivity contribution in [2.45, 2.75) is 37.4 Å². The summed E-state index contributed by atoms with van der Waals surface area (Å²) in [7, 11) is 3.97. The van der Waals surface area contributed by atoms with Crippen molar-refractivity contribution >= 4 is 27.5 Å². The highest BCUT2D eigenvalue weighted by molar-refractivity contribution is 8.77. The molecule has 1 aliphatic heterocycles. The zero-order valence-electron chi connectivity index (χ0n) is 14.4. The molecule has 8 heteroatoms. The molecule has 24 heavy (non-hydrogen) atoms. The number of rotatable bonds is 16. The maximum Gasteiger partial charge on any atom is 0.220 e. The van der Waals surface area contributed by atoms with Crippen LogP contribution in [-0.2, 0) is 19.0 Å². The van der Waals surface area contributed by atoms with Gasteiger partial charge in [0.25, 0.3) is 0 Å². The lowest BCUT2D eigenvalue weighted by Crippen LogP contribution is -2.27. The van der Waals surface area contributed by atoms with Gasteiger partial charge in [0.2, 0.25) is 5.91 Å². The van der Waals surface area contributed by atoms with E-state index in [1.54, 1.807) is 0 Å². The number of aliphatic hydroxyl groups excluding tert-OH is 1. The van der Waals surface area contributed by atoms with E-state index in [9.17, 15) is 4.79 Å². The first-order valence-electron chi connectivity index (χ1n) is 8.72.